The monoisotopic (exact) mass is 433 g/mol. The molecular weight excluding hydrogens is 402 g/mol. The van der Waals surface area contributed by atoms with Crippen LogP contribution < -0.4 is 10.6 Å². The van der Waals surface area contributed by atoms with Gasteiger partial charge in [0.1, 0.15) is 0 Å². The molecule has 1 saturated carbocycles. The van der Waals surface area contributed by atoms with Crippen molar-refractivity contribution in [3.05, 3.63) is 34.9 Å². The molecule has 0 bridgehead atoms. The summed E-state index contributed by atoms with van der Waals surface area (Å²) in [6.07, 6.45) is 4.47. The molecule has 0 atom stereocenters. The number of carbonyl (C=O) groups is 2. The van der Waals surface area contributed by atoms with E-state index in [1.165, 1.54) is 6.42 Å². The molecule has 2 aliphatic rings. The highest BCUT2D eigenvalue weighted by Crippen LogP contribution is 2.26. The normalized spacial score (nSPS) is 17.5. The van der Waals surface area contributed by atoms with Crippen LogP contribution in [0.5, 0.6) is 0 Å². The lowest BCUT2D eigenvalue weighted by atomic mass is 9.85. The molecule has 2 amide bonds. The van der Waals surface area contributed by atoms with Crippen LogP contribution in [-0.4, -0.2) is 73.9 Å². The van der Waals surface area contributed by atoms with E-state index in [0.717, 1.165) is 50.4 Å². The first-order valence-electron chi connectivity index (χ1n) is 10.8. The number of halogens is 1. The molecule has 3 rings (SSSR count). The van der Waals surface area contributed by atoms with E-state index in [0.29, 0.717) is 31.1 Å². The molecule has 2 fully saturated rings. The minimum atomic E-state index is 0.127. The zero-order valence-electron chi connectivity index (χ0n) is 17.7. The summed E-state index contributed by atoms with van der Waals surface area (Å²) in [5.74, 6) is 1.41. The molecule has 1 saturated heterocycles. The second-order valence-corrected chi connectivity index (χ2v) is 8.36. The van der Waals surface area contributed by atoms with Gasteiger partial charge in [0.05, 0.1) is 6.42 Å². The second-order valence-electron chi connectivity index (χ2n) is 7.92. The summed E-state index contributed by atoms with van der Waals surface area (Å²) in [5.41, 5.74) is 0.941. The highest BCUT2D eigenvalue weighted by atomic mass is 35.5. The fraction of sp³-hybridized carbons (Fsp3) is 0.591. The Labute approximate surface area is 183 Å². The van der Waals surface area contributed by atoms with E-state index >= 15 is 0 Å². The Morgan fingerprint density at radius 3 is 2.43 bits per heavy atom. The Morgan fingerprint density at radius 2 is 1.80 bits per heavy atom. The molecule has 1 aromatic carbocycles. The van der Waals surface area contributed by atoms with Crippen LogP contribution in [-0.2, 0) is 16.0 Å². The minimum Gasteiger partial charge on any atom is -0.356 e. The molecule has 0 aromatic heterocycles. The summed E-state index contributed by atoms with van der Waals surface area (Å²) < 4.78 is 0. The van der Waals surface area contributed by atoms with E-state index < -0.39 is 0 Å². The van der Waals surface area contributed by atoms with E-state index in [9.17, 15) is 9.59 Å². The number of hydrogen-bond donors (Lipinski definition) is 2. The fourth-order valence-electron chi connectivity index (χ4n) is 3.75. The molecule has 7 nitrogen and oxygen atoms in total. The van der Waals surface area contributed by atoms with Crippen molar-refractivity contribution in [1.29, 1.82) is 0 Å². The zero-order valence-corrected chi connectivity index (χ0v) is 18.5. The molecule has 164 valence electrons. The molecule has 30 heavy (non-hydrogen) atoms. The van der Waals surface area contributed by atoms with Crippen molar-refractivity contribution in [3.8, 4) is 0 Å². The van der Waals surface area contributed by atoms with Crippen molar-refractivity contribution in [2.45, 2.75) is 32.1 Å². The van der Waals surface area contributed by atoms with Crippen LogP contribution in [0.25, 0.3) is 0 Å². The van der Waals surface area contributed by atoms with Gasteiger partial charge in [0, 0.05) is 57.3 Å². The average molecular weight is 434 g/mol. The van der Waals surface area contributed by atoms with Crippen LogP contribution in [0.15, 0.2) is 29.3 Å². The third-order valence-corrected chi connectivity index (χ3v) is 6.04. The Morgan fingerprint density at radius 1 is 1.10 bits per heavy atom. The molecular formula is C22H32ClN5O2. The van der Waals surface area contributed by atoms with E-state index in [1.54, 1.807) is 7.05 Å². The standard InChI is InChI=1S/C22H32ClN5O2/c1-24-22(26-10-4-9-25-21(30)18-6-3-7-18)28-13-11-27(12-14-28)20(29)16-17-5-2-8-19(23)15-17/h2,5,8,15,18H,3-4,6-7,9-14,16H2,1H3,(H,24,26)(H,25,30). The van der Waals surface area contributed by atoms with Crippen molar-refractivity contribution in [1.82, 2.24) is 20.4 Å². The van der Waals surface area contributed by atoms with Gasteiger partial charge in [-0.1, -0.05) is 30.2 Å². The number of guanidine groups is 1. The zero-order chi connectivity index (χ0) is 21.3. The number of hydrogen-bond acceptors (Lipinski definition) is 3. The molecule has 1 aromatic rings. The summed E-state index contributed by atoms with van der Waals surface area (Å²) in [6, 6.07) is 7.46. The molecule has 0 spiro atoms. The maximum atomic E-state index is 12.6. The van der Waals surface area contributed by atoms with Crippen LogP contribution in [0, 0.1) is 5.92 Å². The number of aliphatic imine (C=N–C) groups is 1. The van der Waals surface area contributed by atoms with Crippen molar-refractivity contribution in [3.63, 3.8) is 0 Å². The maximum absolute atomic E-state index is 12.6. The highest BCUT2D eigenvalue weighted by Gasteiger charge is 2.25. The molecule has 1 aliphatic heterocycles. The first-order valence-corrected chi connectivity index (χ1v) is 11.2. The van der Waals surface area contributed by atoms with Gasteiger partial charge in [0.2, 0.25) is 11.8 Å². The number of carbonyl (C=O) groups excluding carboxylic acids is 2. The van der Waals surface area contributed by atoms with Gasteiger partial charge in [-0.05, 0) is 37.0 Å². The molecule has 1 heterocycles. The Balaban J connectivity index is 1.34. The molecule has 8 heteroatoms. The summed E-state index contributed by atoms with van der Waals surface area (Å²) in [7, 11) is 1.78. The van der Waals surface area contributed by atoms with E-state index in [4.69, 9.17) is 11.6 Å². The first-order chi connectivity index (χ1) is 14.6. The molecule has 0 radical (unpaired) electrons. The minimum absolute atomic E-state index is 0.127. The van der Waals surface area contributed by atoms with Gasteiger partial charge >= 0.3 is 0 Å². The third-order valence-electron chi connectivity index (χ3n) is 5.80. The quantitative estimate of drug-likeness (QED) is 0.391. The number of nitrogens with one attached hydrogen (secondary N) is 2. The Kier molecular flexibility index (Phi) is 8.37. The fourth-order valence-corrected chi connectivity index (χ4v) is 3.96. The second kappa shape index (κ2) is 11.2. The SMILES string of the molecule is CN=C(NCCCNC(=O)C1CCC1)N1CCN(C(=O)Cc2cccc(Cl)c2)CC1. The smallest absolute Gasteiger partial charge is 0.227 e. The number of piperazine rings is 1. The van der Waals surface area contributed by atoms with Crippen molar-refractivity contribution >= 4 is 29.4 Å². The van der Waals surface area contributed by atoms with Gasteiger partial charge in [-0.15, -0.1) is 0 Å². The lowest BCUT2D eigenvalue weighted by Crippen LogP contribution is -2.54. The maximum Gasteiger partial charge on any atom is 0.227 e. The molecule has 2 N–H and O–H groups in total. The highest BCUT2D eigenvalue weighted by molar-refractivity contribution is 6.30. The Hall–Kier alpha value is -2.28. The van der Waals surface area contributed by atoms with E-state index in [2.05, 4.69) is 20.5 Å². The summed E-state index contributed by atoms with van der Waals surface area (Å²) in [5, 5.41) is 7.03. The van der Waals surface area contributed by atoms with Gasteiger partial charge in [-0.3, -0.25) is 14.6 Å². The average Bonchev–Trinajstić information content (AvgIpc) is 2.69. The van der Waals surface area contributed by atoms with Crippen LogP contribution in [0.4, 0.5) is 0 Å². The molecule has 0 unspecified atom stereocenters. The summed E-state index contributed by atoms with van der Waals surface area (Å²) in [4.78, 5) is 32.9. The first kappa shape index (κ1) is 22.4. The van der Waals surface area contributed by atoms with Gasteiger partial charge in [0.15, 0.2) is 5.96 Å². The van der Waals surface area contributed by atoms with Crippen LogP contribution in [0.3, 0.4) is 0 Å². The van der Waals surface area contributed by atoms with Gasteiger partial charge in [-0.25, -0.2) is 0 Å². The van der Waals surface area contributed by atoms with E-state index in [1.807, 2.05) is 29.2 Å². The molecule has 1 aliphatic carbocycles. The predicted octanol–water partition coefficient (Wildman–Crippen LogP) is 1.91. The summed E-state index contributed by atoms with van der Waals surface area (Å²) in [6.45, 7) is 4.30. The van der Waals surface area contributed by atoms with Crippen LogP contribution in [0.2, 0.25) is 5.02 Å². The Bertz CT molecular complexity index is 758. The number of rotatable bonds is 7. The lowest BCUT2D eigenvalue weighted by Gasteiger charge is -2.36. The third kappa shape index (κ3) is 6.36. The number of nitrogens with zero attached hydrogens (tertiary/aromatic N) is 3. The lowest BCUT2D eigenvalue weighted by molar-refractivity contribution is -0.131. The van der Waals surface area contributed by atoms with Gasteiger partial charge in [-0.2, -0.15) is 0 Å². The van der Waals surface area contributed by atoms with Crippen molar-refractivity contribution in [2.75, 3.05) is 46.3 Å². The largest absolute Gasteiger partial charge is 0.356 e. The number of benzene rings is 1. The predicted molar refractivity (Wildman–Crippen MR) is 120 cm³/mol. The van der Waals surface area contributed by atoms with Crippen LogP contribution in [0.1, 0.15) is 31.2 Å². The van der Waals surface area contributed by atoms with Crippen molar-refractivity contribution < 1.29 is 9.59 Å². The number of amides is 2. The summed E-state index contributed by atoms with van der Waals surface area (Å²) >= 11 is 6.01. The topological polar surface area (TPSA) is 77.0 Å². The van der Waals surface area contributed by atoms with Gasteiger partial charge in [0.25, 0.3) is 0 Å². The van der Waals surface area contributed by atoms with E-state index in [-0.39, 0.29) is 17.7 Å². The van der Waals surface area contributed by atoms with Gasteiger partial charge < -0.3 is 20.4 Å². The van der Waals surface area contributed by atoms with Crippen molar-refractivity contribution in [2.24, 2.45) is 10.9 Å². The van der Waals surface area contributed by atoms with Crippen LogP contribution >= 0.6 is 11.6 Å².